The summed E-state index contributed by atoms with van der Waals surface area (Å²) in [5.41, 5.74) is 6.10. The molecule has 17 nitrogen and oxygen atoms in total. The first-order chi connectivity index (χ1) is 21.5. The van der Waals surface area contributed by atoms with E-state index >= 15 is 0 Å². The number of carbonyl (C=O) groups is 7. The smallest absolute Gasteiger partial charge is 0.326 e. The molecule has 46 heavy (non-hydrogen) atoms. The fraction of sp³-hybridized carbons (Fsp3) is 0.643. The molecular weight excluding hydrogens is 624 g/mol. The van der Waals surface area contributed by atoms with E-state index in [4.69, 9.17) is 10.8 Å². The van der Waals surface area contributed by atoms with Crippen LogP contribution in [0, 0.1) is 11.8 Å². The number of hydrogen-bond acceptors (Lipinski definition) is 10. The second kappa shape index (κ2) is 19.4. The average molecular weight is 671 g/mol. The van der Waals surface area contributed by atoms with E-state index in [1.165, 1.54) is 31.2 Å². The lowest BCUT2D eigenvalue weighted by Gasteiger charge is -2.28. The van der Waals surface area contributed by atoms with Crippen molar-refractivity contribution in [3.05, 3.63) is 18.2 Å². The number of rotatable bonds is 20. The molecule has 0 spiro atoms. The van der Waals surface area contributed by atoms with Gasteiger partial charge in [0.1, 0.15) is 30.2 Å². The number of thioether (sulfide) groups is 1. The number of nitrogens with two attached hydrogens (primary N) is 1. The molecule has 0 aliphatic heterocycles. The van der Waals surface area contributed by atoms with E-state index in [1.807, 2.05) is 0 Å². The van der Waals surface area contributed by atoms with Crippen LogP contribution in [0.25, 0.3) is 0 Å². The van der Waals surface area contributed by atoms with E-state index in [2.05, 4.69) is 36.6 Å². The van der Waals surface area contributed by atoms with Crippen molar-refractivity contribution in [2.75, 3.05) is 12.0 Å². The van der Waals surface area contributed by atoms with Crippen LogP contribution in [0.2, 0.25) is 0 Å². The Balaban J connectivity index is 3.01. The van der Waals surface area contributed by atoms with Crippen LogP contribution in [0.1, 0.15) is 53.2 Å². The van der Waals surface area contributed by atoms with Gasteiger partial charge in [-0.2, -0.15) is 11.8 Å². The molecule has 1 rings (SSSR count). The number of hydrogen-bond donors (Lipinski definition) is 9. The predicted octanol–water partition coefficient (Wildman–Crippen LogP) is -1.65. The third-order valence-corrected chi connectivity index (χ3v) is 7.46. The average Bonchev–Trinajstić information content (AvgIpc) is 3.48. The maximum Gasteiger partial charge on any atom is 0.326 e. The zero-order valence-electron chi connectivity index (χ0n) is 26.8. The molecule has 5 amide bonds. The number of nitrogens with zero attached hydrogens (tertiary/aromatic N) is 1. The maximum atomic E-state index is 13.2. The first kappa shape index (κ1) is 39.8. The highest BCUT2D eigenvalue weighted by Crippen LogP contribution is 2.09. The van der Waals surface area contributed by atoms with Crippen molar-refractivity contribution in [2.45, 2.75) is 90.1 Å². The summed E-state index contributed by atoms with van der Waals surface area (Å²) in [6.07, 6.45) is 4.11. The SMILES string of the molecule is CSCCC(NC(=O)C(Cc1cnc[nH]1)NC(=O)C(C)NC(=O)C(NC(=O)C(NC(=O)C(N)CC(=O)O)C(C)C)C(C)C)C(=O)O. The lowest BCUT2D eigenvalue weighted by Crippen LogP contribution is -2.60. The van der Waals surface area contributed by atoms with E-state index < -0.39 is 96.0 Å². The van der Waals surface area contributed by atoms with Gasteiger partial charge < -0.3 is 47.5 Å². The number of imidazole rings is 1. The van der Waals surface area contributed by atoms with Crippen molar-refractivity contribution in [1.29, 1.82) is 0 Å². The van der Waals surface area contributed by atoms with Crippen molar-refractivity contribution in [1.82, 2.24) is 36.6 Å². The van der Waals surface area contributed by atoms with E-state index in [0.29, 0.717) is 11.4 Å². The van der Waals surface area contributed by atoms with Crippen LogP contribution < -0.4 is 32.3 Å². The number of carbonyl (C=O) groups excluding carboxylic acids is 5. The molecule has 6 atom stereocenters. The van der Waals surface area contributed by atoms with Crippen molar-refractivity contribution in [3.63, 3.8) is 0 Å². The largest absolute Gasteiger partial charge is 0.481 e. The maximum absolute atomic E-state index is 13.2. The molecule has 0 bridgehead atoms. The molecule has 258 valence electrons. The van der Waals surface area contributed by atoms with Gasteiger partial charge in [-0.3, -0.25) is 28.8 Å². The summed E-state index contributed by atoms with van der Waals surface area (Å²) in [6, 6.07) is -7.27. The number of amides is 5. The molecule has 0 radical (unpaired) electrons. The van der Waals surface area contributed by atoms with Crippen LogP contribution in [0.3, 0.4) is 0 Å². The number of nitrogens with one attached hydrogen (secondary N) is 6. The number of aromatic amines is 1. The van der Waals surface area contributed by atoms with Crippen LogP contribution in [0.5, 0.6) is 0 Å². The van der Waals surface area contributed by atoms with E-state index in [0.717, 1.165) is 0 Å². The third kappa shape index (κ3) is 13.4. The van der Waals surface area contributed by atoms with Gasteiger partial charge in [0, 0.05) is 18.3 Å². The lowest BCUT2D eigenvalue weighted by molar-refractivity contribution is -0.142. The Morgan fingerprint density at radius 3 is 1.83 bits per heavy atom. The van der Waals surface area contributed by atoms with Gasteiger partial charge in [0.25, 0.3) is 0 Å². The molecular formula is C28H46N8O9S. The highest BCUT2D eigenvalue weighted by molar-refractivity contribution is 7.98. The molecule has 18 heteroatoms. The highest BCUT2D eigenvalue weighted by atomic mass is 32.2. The molecule has 0 fully saturated rings. The standard InChI is InChI=1S/C28H46N8O9S/c1-13(2)21(36-27(43)22(14(3)4)35-24(40)17(29)10-20(37)38)26(42)32-15(5)23(39)34-19(9-16-11-30-12-31-16)25(41)33-18(28(44)45)7-8-46-6/h11-15,17-19,21-22H,7-10,29H2,1-6H3,(H,30,31)(H,32,42)(H,33,41)(H,34,39)(H,35,40)(H,36,43)(H,37,38)(H,44,45). The van der Waals surface area contributed by atoms with E-state index in [1.54, 1.807) is 34.0 Å². The fourth-order valence-corrected chi connectivity index (χ4v) is 4.58. The quantitative estimate of drug-likeness (QED) is 0.0755. The summed E-state index contributed by atoms with van der Waals surface area (Å²) in [6.45, 7) is 7.96. The van der Waals surface area contributed by atoms with Crippen molar-refractivity contribution in [3.8, 4) is 0 Å². The minimum absolute atomic E-state index is 0.0454. The number of aliphatic carboxylic acids is 2. The summed E-state index contributed by atoms with van der Waals surface area (Å²) in [5.74, 6) is -6.74. The van der Waals surface area contributed by atoms with Crippen LogP contribution in [-0.4, -0.2) is 110 Å². The van der Waals surface area contributed by atoms with Gasteiger partial charge >= 0.3 is 11.9 Å². The Bertz CT molecular complexity index is 1210. The van der Waals surface area contributed by atoms with Crippen LogP contribution in [0.4, 0.5) is 0 Å². The molecule has 0 aromatic carbocycles. The minimum Gasteiger partial charge on any atom is -0.481 e. The van der Waals surface area contributed by atoms with Crippen molar-refractivity contribution in [2.24, 2.45) is 17.6 Å². The molecule has 1 aromatic rings. The van der Waals surface area contributed by atoms with Gasteiger partial charge in [0.05, 0.1) is 18.8 Å². The number of carboxylic acids is 2. The van der Waals surface area contributed by atoms with Crippen LogP contribution in [0.15, 0.2) is 12.5 Å². The Hall–Kier alpha value is -4.19. The minimum atomic E-state index is -1.39. The summed E-state index contributed by atoms with van der Waals surface area (Å²) in [4.78, 5) is 94.3. The Morgan fingerprint density at radius 2 is 1.35 bits per heavy atom. The third-order valence-electron chi connectivity index (χ3n) is 6.81. The first-order valence-corrected chi connectivity index (χ1v) is 16.1. The molecule has 0 aliphatic rings. The Labute approximate surface area is 271 Å². The molecule has 0 aliphatic carbocycles. The summed E-state index contributed by atoms with van der Waals surface area (Å²) in [5, 5.41) is 30.9. The molecule has 0 saturated heterocycles. The monoisotopic (exact) mass is 670 g/mol. The summed E-state index contributed by atoms with van der Waals surface area (Å²) < 4.78 is 0. The second-order valence-corrected chi connectivity index (χ2v) is 12.4. The van der Waals surface area contributed by atoms with Gasteiger partial charge in [-0.15, -0.1) is 0 Å². The normalized spacial score (nSPS) is 15.1. The van der Waals surface area contributed by atoms with Crippen molar-refractivity contribution >= 4 is 53.2 Å². The fourth-order valence-electron chi connectivity index (χ4n) is 4.11. The topological polar surface area (TPSA) is 275 Å². The molecule has 1 aromatic heterocycles. The Morgan fingerprint density at radius 1 is 0.804 bits per heavy atom. The molecule has 1 heterocycles. The van der Waals surface area contributed by atoms with E-state index in [-0.39, 0.29) is 12.8 Å². The number of carboxylic acid groups (broad SMARTS) is 2. The van der Waals surface area contributed by atoms with Gasteiger partial charge in [-0.1, -0.05) is 27.7 Å². The van der Waals surface area contributed by atoms with Gasteiger partial charge in [-0.25, -0.2) is 9.78 Å². The molecule has 6 unspecified atom stereocenters. The molecule has 0 saturated carbocycles. The first-order valence-electron chi connectivity index (χ1n) is 14.7. The highest BCUT2D eigenvalue weighted by Gasteiger charge is 2.34. The number of H-pyrrole nitrogens is 1. The number of aromatic nitrogens is 2. The van der Waals surface area contributed by atoms with Crippen LogP contribution >= 0.6 is 11.8 Å². The van der Waals surface area contributed by atoms with Gasteiger partial charge in [-0.05, 0) is 37.2 Å². The van der Waals surface area contributed by atoms with Gasteiger partial charge in [0.15, 0.2) is 0 Å². The molecule has 10 N–H and O–H groups in total. The summed E-state index contributed by atoms with van der Waals surface area (Å²) >= 11 is 1.42. The Kier molecular flexibility index (Phi) is 16.8. The van der Waals surface area contributed by atoms with Crippen molar-refractivity contribution < 1.29 is 43.8 Å². The predicted molar refractivity (Wildman–Crippen MR) is 168 cm³/mol. The summed E-state index contributed by atoms with van der Waals surface area (Å²) in [7, 11) is 0. The van der Waals surface area contributed by atoms with Gasteiger partial charge in [0.2, 0.25) is 29.5 Å². The second-order valence-electron chi connectivity index (χ2n) is 11.4. The van der Waals surface area contributed by atoms with E-state index in [9.17, 15) is 38.7 Å². The zero-order chi connectivity index (χ0) is 35.1. The van der Waals surface area contributed by atoms with Crippen LogP contribution in [-0.2, 0) is 40.0 Å². The zero-order valence-corrected chi connectivity index (χ0v) is 27.6. The lowest BCUT2D eigenvalue weighted by atomic mass is 9.99.